The molecule has 0 aromatic carbocycles. The molecule has 2 aliphatic heterocycles. The van der Waals surface area contributed by atoms with Gasteiger partial charge in [-0.3, -0.25) is 4.79 Å². The van der Waals surface area contributed by atoms with Crippen LogP contribution in [0.2, 0.25) is 0 Å². The standard InChI is InChI=1S/C15H20N2O4S/c1-10(2)8-21-14-4-3-11(6-16-14)15(18)17-7-13-5-12(17)9-22(13,19)20/h3-4,6,10,12-13H,5,7-9H2,1-2H3. The lowest BCUT2D eigenvalue weighted by Crippen LogP contribution is -2.44. The Kier molecular flexibility index (Phi) is 3.84. The number of carbonyl (C=O) groups excluding carboxylic acids is 1. The third-order valence-electron chi connectivity index (χ3n) is 4.12. The van der Waals surface area contributed by atoms with E-state index in [1.165, 1.54) is 6.20 Å². The number of hydrogen-bond donors (Lipinski definition) is 0. The van der Waals surface area contributed by atoms with Gasteiger partial charge in [-0.25, -0.2) is 13.4 Å². The highest BCUT2D eigenvalue weighted by Gasteiger charge is 2.50. The van der Waals surface area contributed by atoms with Crippen LogP contribution < -0.4 is 4.74 Å². The number of amides is 1. The largest absolute Gasteiger partial charge is 0.477 e. The van der Waals surface area contributed by atoms with Gasteiger partial charge in [0.05, 0.1) is 23.2 Å². The molecule has 1 aromatic heterocycles. The molecule has 0 spiro atoms. The van der Waals surface area contributed by atoms with Crippen LogP contribution in [0.15, 0.2) is 18.3 Å². The van der Waals surface area contributed by atoms with Gasteiger partial charge in [-0.15, -0.1) is 0 Å². The van der Waals surface area contributed by atoms with E-state index in [-0.39, 0.29) is 23.0 Å². The summed E-state index contributed by atoms with van der Waals surface area (Å²) >= 11 is 0. The van der Waals surface area contributed by atoms with Crippen molar-refractivity contribution < 1.29 is 17.9 Å². The van der Waals surface area contributed by atoms with Crippen molar-refractivity contribution in [3.05, 3.63) is 23.9 Å². The Bertz CT molecular complexity index is 669. The summed E-state index contributed by atoms with van der Waals surface area (Å²) in [6.45, 7) is 4.98. The molecule has 6 nitrogen and oxygen atoms in total. The molecule has 3 rings (SSSR count). The minimum Gasteiger partial charge on any atom is -0.477 e. The number of nitrogens with zero attached hydrogens (tertiary/aromatic N) is 2. The molecule has 2 saturated heterocycles. The molecule has 2 bridgehead atoms. The maximum Gasteiger partial charge on any atom is 0.255 e. The van der Waals surface area contributed by atoms with Gasteiger partial charge < -0.3 is 9.64 Å². The van der Waals surface area contributed by atoms with Crippen LogP contribution in [-0.4, -0.2) is 54.4 Å². The van der Waals surface area contributed by atoms with Crippen LogP contribution in [-0.2, 0) is 9.84 Å². The Labute approximate surface area is 130 Å². The Hall–Kier alpha value is -1.63. The molecule has 0 N–H and O–H groups in total. The zero-order chi connectivity index (χ0) is 15.9. The summed E-state index contributed by atoms with van der Waals surface area (Å²) in [6, 6.07) is 3.19. The lowest BCUT2D eigenvalue weighted by Gasteiger charge is -2.26. The van der Waals surface area contributed by atoms with Gasteiger partial charge in [0.1, 0.15) is 0 Å². The summed E-state index contributed by atoms with van der Waals surface area (Å²) < 4.78 is 29.0. The first-order valence-electron chi connectivity index (χ1n) is 7.48. The number of pyridine rings is 1. The van der Waals surface area contributed by atoms with Gasteiger partial charge in [-0.1, -0.05) is 13.8 Å². The Morgan fingerprint density at radius 2 is 2.23 bits per heavy atom. The van der Waals surface area contributed by atoms with E-state index in [1.807, 2.05) is 13.8 Å². The van der Waals surface area contributed by atoms with Crippen molar-refractivity contribution in [2.24, 2.45) is 5.92 Å². The van der Waals surface area contributed by atoms with Crippen LogP contribution in [0.4, 0.5) is 0 Å². The monoisotopic (exact) mass is 324 g/mol. The second-order valence-electron chi connectivity index (χ2n) is 6.39. The van der Waals surface area contributed by atoms with E-state index in [2.05, 4.69) is 4.98 Å². The first-order valence-corrected chi connectivity index (χ1v) is 9.20. The molecule has 2 aliphatic rings. The average Bonchev–Trinajstić information content (AvgIpc) is 3.00. The summed E-state index contributed by atoms with van der Waals surface area (Å²) in [5.41, 5.74) is 0.474. The fourth-order valence-electron chi connectivity index (χ4n) is 2.95. The summed E-state index contributed by atoms with van der Waals surface area (Å²) in [5.74, 6) is 0.846. The molecule has 1 aromatic rings. The molecule has 0 saturated carbocycles. The van der Waals surface area contributed by atoms with Crippen LogP contribution in [0, 0.1) is 5.92 Å². The quantitative estimate of drug-likeness (QED) is 0.830. The molecular weight excluding hydrogens is 304 g/mol. The normalized spacial score (nSPS) is 25.7. The van der Waals surface area contributed by atoms with Gasteiger partial charge in [0.25, 0.3) is 5.91 Å². The minimum absolute atomic E-state index is 0.0897. The van der Waals surface area contributed by atoms with E-state index in [0.717, 1.165) is 0 Å². The van der Waals surface area contributed by atoms with Crippen molar-refractivity contribution in [1.29, 1.82) is 0 Å². The van der Waals surface area contributed by atoms with E-state index >= 15 is 0 Å². The number of rotatable bonds is 4. The van der Waals surface area contributed by atoms with Crippen LogP contribution in [0.25, 0.3) is 0 Å². The number of hydrogen-bond acceptors (Lipinski definition) is 5. The number of ether oxygens (including phenoxy) is 1. The number of sulfone groups is 1. The van der Waals surface area contributed by atoms with E-state index in [4.69, 9.17) is 4.74 Å². The van der Waals surface area contributed by atoms with E-state index in [9.17, 15) is 13.2 Å². The molecule has 1 amide bonds. The lowest BCUT2D eigenvalue weighted by atomic mass is 10.2. The Balaban J connectivity index is 1.67. The van der Waals surface area contributed by atoms with Crippen LogP contribution in [0.3, 0.4) is 0 Å². The molecule has 2 atom stereocenters. The van der Waals surface area contributed by atoms with Gasteiger partial charge >= 0.3 is 0 Å². The maximum absolute atomic E-state index is 12.5. The second kappa shape index (κ2) is 5.53. The summed E-state index contributed by atoms with van der Waals surface area (Å²) in [6.07, 6.45) is 2.07. The fourth-order valence-corrected chi connectivity index (χ4v) is 4.98. The molecule has 0 radical (unpaired) electrons. The molecule has 2 fully saturated rings. The van der Waals surface area contributed by atoms with Gasteiger partial charge in [-0.2, -0.15) is 0 Å². The van der Waals surface area contributed by atoms with Crippen LogP contribution >= 0.6 is 0 Å². The number of aromatic nitrogens is 1. The van der Waals surface area contributed by atoms with E-state index in [1.54, 1.807) is 17.0 Å². The van der Waals surface area contributed by atoms with Gasteiger partial charge in [-0.05, 0) is 18.4 Å². The van der Waals surface area contributed by atoms with Crippen molar-refractivity contribution in [3.8, 4) is 5.88 Å². The summed E-state index contributed by atoms with van der Waals surface area (Å²) in [7, 11) is -2.99. The smallest absolute Gasteiger partial charge is 0.255 e. The summed E-state index contributed by atoms with van der Waals surface area (Å²) in [5, 5.41) is -0.386. The molecule has 0 aliphatic carbocycles. The number of carbonyl (C=O) groups is 1. The number of fused-ring (bicyclic) bond motifs is 2. The highest BCUT2D eigenvalue weighted by Crippen LogP contribution is 2.33. The molecule has 22 heavy (non-hydrogen) atoms. The van der Waals surface area contributed by atoms with Gasteiger partial charge in [0.2, 0.25) is 5.88 Å². The highest BCUT2D eigenvalue weighted by atomic mass is 32.2. The van der Waals surface area contributed by atoms with Crippen LogP contribution in [0.1, 0.15) is 30.6 Å². The molecular formula is C15H20N2O4S. The summed E-state index contributed by atoms with van der Waals surface area (Å²) in [4.78, 5) is 18.3. The minimum atomic E-state index is -2.99. The Morgan fingerprint density at radius 1 is 1.45 bits per heavy atom. The number of likely N-dealkylation sites (tertiary alicyclic amines) is 1. The average molecular weight is 324 g/mol. The van der Waals surface area contributed by atoms with Crippen molar-refractivity contribution in [3.63, 3.8) is 0 Å². The lowest BCUT2D eigenvalue weighted by molar-refractivity contribution is 0.0745. The Morgan fingerprint density at radius 3 is 2.73 bits per heavy atom. The predicted octanol–water partition coefficient (Wildman–Crippen LogP) is 1.13. The zero-order valence-corrected chi connectivity index (χ0v) is 13.5. The zero-order valence-electron chi connectivity index (χ0n) is 12.7. The SMILES string of the molecule is CC(C)COc1ccc(C(=O)N2CC3CC2CS3(=O)=O)cn1. The molecule has 2 unspecified atom stereocenters. The van der Waals surface area contributed by atoms with E-state index < -0.39 is 9.84 Å². The topological polar surface area (TPSA) is 76.6 Å². The van der Waals surface area contributed by atoms with Crippen molar-refractivity contribution in [2.75, 3.05) is 18.9 Å². The van der Waals surface area contributed by atoms with Crippen LogP contribution in [0.5, 0.6) is 5.88 Å². The first kappa shape index (κ1) is 15.3. The molecule has 120 valence electrons. The fraction of sp³-hybridized carbons (Fsp3) is 0.600. The van der Waals surface area contributed by atoms with Crippen molar-refractivity contribution >= 4 is 15.7 Å². The first-order chi connectivity index (χ1) is 10.4. The second-order valence-corrected chi connectivity index (χ2v) is 8.71. The molecule has 7 heteroatoms. The van der Waals surface area contributed by atoms with Crippen molar-refractivity contribution in [2.45, 2.75) is 31.6 Å². The third kappa shape index (κ3) is 2.82. The predicted molar refractivity (Wildman–Crippen MR) is 81.6 cm³/mol. The van der Waals surface area contributed by atoms with Crippen molar-refractivity contribution in [1.82, 2.24) is 9.88 Å². The van der Waals surface area contributed by atoms with Gasteiger partial charge in [0, 0.05) is 24.8 Å². The highest BCUT2D eigenvalue weighted by molar-refractivity contribution is 7.92. The molecule has 3 heterocycles. The van der Waals surface area contributed by atoms with Gasteiger partial charge in [0.15, 0.2) is 9.84 Å². The third-order valence-corrected chi connectivity index (χ3v) is 6.32. The van der Waals surface area contributed by atoms with E-state index in [0.29, 0.717) is 36.9 Å². The maximum atomic E-state index is 12.5.